The van der Waals surface area contributed by atoms with Gasteiger partial charge in [-0.25, -0.2) is 9.97 Å². The normalized spacial score (nSPS) is 10.5. The van der Waals surface area contributed by atoms with E-state index in [9.17, 15) is 0 Å². The van der Waals surface area contributed by atoms with E-state index in [2.05, 4.69) is 25.9 Å². The molecule has 0 saturated heterocycles. The minimum absolute atomic E-state index is 0.0683. The number of aromatic nitrogens is 2. The quantitative estimate of drug-likeness (QED) is 0.946. The predicted molar refractivity (Wildman–Crippen MR) is 70.7 cm³/mol. The Morgan fingerprint density at radius 1 is 1.24 bits per heavy atom. The second-order valence-electron chi connectivity index (χ2n) is 3.76. The van der Waals surface area contributed by atoms with Gasteiger partial charge in [-0.05, 0) is 19.1 Å². The van der Waals surface area contributed by atoms with E-state index in [1.165, 1.54) is 0 Å². The van der Waals surface area contributed by atoms with E-state index in [1.807, 2.05) is 37.3 Å². The summed E-state index contributed by atoms with van der Waals surface area (Å²) in [6.45, 7) is 2.00. The molecule has 0 aliphatic heterocycles. The lowest BCUT2D eigenvalue weighted by Crippen LogP contribution is -2.01. The van der Waals surface area contributed by atoms with Crippen LogP contribution in [0.15, 0.2) is 34.8 Å². The highest BCUT2D eigenvalue weighted by Crippen LogP contribution is 2.26. The zero-order valence-electron chi connectivity index (χ0n) is 9.52. The van der Waals surface area contributed by atoms with Gasteiger partial charge in [0, 0.05) is 22.2 Å². The lowest BCUT2D eigenvalue weighted by atomic mass is 10.1. The molecule has 0 saturated carbocycles. The highest BCUT2D eigenvalue weighted by molar-refractivity contribution is 9.10. The fourth-order valence-corrected chi connectivity index (χ4v) is 2.14. The molecular formula is C13H13BrN2O. The molecular weight excluding hydrogens is 280 g/mol. The summed E-state index contributed by atoms with van der Waals surface area (Å²) >= 11 is 3.51. The van der Waals surface area contributed by atoms with Gasteiger partial charge in [-0.15, -0.1) is 0 Å². The molecule has 0 unspecified atom stereocenters. The summed E-state index contributed by atoms with van der Waals surface area (Å²) in [5, 5.41) is 8.94. The number of benzene rings is 1. The Hall–Kier alpha value is -1.26. The van der Waals surface area contributed by atoms with Gasteiger partial charge in [0.15, 0.2) is 0 Å². The van der Waals surface area contributed by atoms with Crippen molar-refractivity contribution < 1.29 is 5.11 Å². The Balaban J connectivity index is 2.48. The number of aliphatic hydroxyl groups is 1. The van der Waals surface area contributed by atoms with Crippen molar-refractivity contribution in [3.05, 3.63) is 46.3 Å². The van der Waals surface area contributed by atoms with Crippen LogP contribution in [-0.4, -0.2) is 21.7 Å². The molecule has 4 heteroatoms. The third kappa shape index (κ3) is 2.90. The van der Waals surface area contributed by atoms with Crippen molar-refractivity contribution in [3.8, 4) is 11.3 Å². The van der Waals surface area contributed by atoms with Crippen LogP contribution in [0.5, 0.6) is 0 Å². The highest BCUT2D eigenvalue weighted by Gasteiger charge is 2.07. The number of aliphatic hydroxyl groups excluding tert-OH is 1. The van der Waals surface area contributed by atoms with E-state index in [4.69, 9.17) is 5.11 Å². The van der Waals surface area contributed by atoms with Crippen LogP contribution >= 0.6 is 15.9 Å². The Morgan fingerprint density at radius 2 is 2.00 bits per heavy atom. The maximum atomic E-state index is 8.94. The number of hydrogen-bond donors (Lipinski definition) is 1. The van der Waals surface area contributed by atoms with Crippen LogP contribution < -0.4 is 0 Å². The van der Waals surface area contributed by atoms with Gasteiger partial charge in [0.05, 0.1) is 12.3 Å². The number of nitrogens with zero attached hydrogens (tertiary/aromatic N) is 2. The number of aryl methyl sites for hydroxylation is 1. The minimum atomic E-state index is 0.0683. The Morgan fingerprint density at radius 3 is 2.71 bits per heavy atom. The first kappa shape index (κ1) is 12.2. The molecule has 0 bridgehead atoms. The second kappa shape index (κ2) is 5.38. The molecule has 0 amide bonds. The molecule has 1 heterocycles. The Labute approximate surface area is 109 Å². The van der Waals surface area contributed by atoms with Crippen molar-refractivity contribution in [2.45, 2.75) is 13.3 Å². The average molecular weight is 293 g/mol. The number of rotatable bonds is 3. The molecule has 0 fully saturated rings. The zero-order valence-corrected chi connectivity index (χ0v) is 11.1. The second-order valence-corrected chi connectivity index (χ2v) is 4.62. The van der Waals surface area contributed by atoms with Crippen molar-refractivity contribution >= 4 is 15.9 Å². The van der Waals surface area contributed by atoms with Gasteiger partial charge in [0.1, 0.15) is 5.82 Å². The van der Waals surface area contributed by atoms with Crippen molar-refractivity contribution in [2.75, 3.05) is 6.61 Å². The smallest absolute Gasteiger partial charge is 0.131 e. The van der Waals surface area contributed by atoms with Gasteiger partial charge in [0.25, 0.3) is 0 Å². The predicted octanol–water partition coefficient (Wildman–Crippen LogP) is 2.75. The van der Waals surface area contributed by atoms with Crippen LogP contribution in [0.4, 0.5) is 0 Å². The summed E-state index contributed by atoms with van der Waals surface area (Å²) in [7, 11) is 0. The minimum Gasteiger partial charge on any atom is -0.396 e. The zero-order chi connectivity index (χ0) is 12.3. The summed E-state index contributed by atoms with van der Waals surface area (Å²) in [4.78, 5) is 8.75. The van der Waals surface area contributed by atoms with E-state index < -0.39 is 0 Å². The molecule has 3 nitrogen and oxygen atoms in total. The number of hydrogen-bond acceptors (Lipinski definition) is 3. The number of halogens is 1. The molecule has 1 N–H and O–H groups in total. The summed E-state index contributed by atoms with van der Waals surface area (Å²) < 4.78 is 1.01. The van der Waals surface area contributed by atoms with E-state index >= 15 is 0 Å². The summed E-state index contributed by atoms with van der Waals surface area (Å²) in [5.41, 5.74) is 2.83. The Bertz CT molecular complexity index is 529. The van der Waals surface area contributed by atoms with Crippen LogP contribution in [0, 0.1) is 6.92 Å². The van der Waals surface area contributed by atoms with Crippen molar-refractivity contribution in [1.29, 1.82) is 0 Å². The summed E-state index contributed by atoms with van der Waals surface area (Å²) in [6.07, 6.45) is 0.485. The third-order valence-corrected chi connectivity index (χ3v) is 3.08. The molecule has 0 spiro atoms. The van der Waals surface area contributed by atoms with Crippen LogP contribution in [0.1, 0.15) is 11.5 Å². The fraction of sp³-hybridized carbons (Fsp3) is 0.231. The Kier molecular flexibility index (Phi) is 3.86. The first-order valence-electron chi connectivity index (χ1n) is 5.41. The maximum absolute atomic E-state index is 8.94. The van der Waals surface area contributed by atoms with Gasteiger partial charge in [-0.3, -0.25) is 0 Å². The van der Waals surface area contributed by atoms with Crippen LogP contribution in [0.2, 0.25) is 0 Å². The van der Waals surface area contributed by atoms with Gasteiger partial charge < -0.3 is 5.11 Å². The molecule has 88 valence electrons. The lowest BCUT2D eigenvalue weighted by Gasteiger charge is -2.07. The summed E-state index contributed by atoms with van der Waals surface area (Å²) in [5.74, 6) is 0.679. The SMILES string of the molecule is Cc1cc(-c2ccccc2Br)nc(CCO)n1. The molecule has 2 aromatic rings. The lowest BCUT2D eigenvalue weighted by molar-refractivity contribution is 0.296. The topological polar surface area (TPSA) is 46.0 Å². The van der Waals surface area contributed by atoms with Crippen molar-refractivity contribution in [1.82, 2.24) is 9.97 Å². The van der Waals surface area contributed by atoms with Crippen molar-refractivity contribution in [2.24, 2.45) is 0 Å². The molecule has 17 heavy (non-hydrogen) atoms. The van der Waals surface area contributed by atoms with Crippen molar-refractivity contribution in [3.63, 3.8) is 0 Å². The molecule has 0 aliphatic rings. The van der Waals surface area contributed by atoms with Crippen LogP contribution in [0.3, 0.4) is 0 Å². The third-order valence-electron chi connectivity index (χ3n) is 2.39. The molecule has 0 atom stereocenters. The monoisotopic (exact) mass is 292 g/mol. The van der Waals surface area contributed by atoms with Gasteiger partial charge in [-0.1, -0.05) is 34.1 Å². The first-order valence-corrected chi connectivity index (χ1v) is 6.20. The van der Waals surface area contributed by atoms with E-state index in [0.717, 1.165) is 21.4 Å². The summed E-state index contributed by atoms with van der Waals surface area (Å²) in [6, 6.07) is 9.88. The standard InChI is InChI=1S/C13H13BrN2O/c1-9-8-12(16-13(15-9)6-7-17)10-4-2-3-5-11(10)14/h2-5,8,17H,6-7H2,1H3. The van der Waals surface area contributed by atoms with Crippen LogP contribution in [0.25, 0.3) is 11.3 Å². The highest BCUT2D eigenvalue weighted by atomic mass is 79.9. The van der Waals surface area contributed by atoms with E-state index in [0.29, 0.717) is 12.2 Å². The van der Waals surface area contributed by atoms with Gasteiger partial charge in [-0.2, -0.15) is 0 Å². The van der Waals surface area contributed by atoms with Crippen LogP contribution in [-0.2, 0) is 6.42 Å². The first-order chi connectivity index (χ1) is 8.20. The molecule has 0 radical (unpaired) electrons. The molecule has 1 aromatic heterocycles. The maximum Gasteiger partial charge on any atom is 0.131 e. The van der Waals surface area contributed by atoms with Gasteiger partial charge >= 0.3 is 0 Å². The average Bonchev–Trinajstić information content (AvgIpc) is 2.29. The largest absolute Gasteiger partial charge is 0.396 e. The molecule has 2 rings (SSSR count). The molecule has 0 aliphatic carbocycles. The van der Waals surface area contributed by atoms with E-state index in [-0.39, 0.29) is 6.61 Å². The van der Waals surface area contributed by atoms with E-state index in [1.54, 1.807) is 0 Å². The fourth-order valence-electron chi connectivity index (χ4n) is 1.65. The molecule has 1 aromatic carbocycles. The van der Waals surface area contributed by atoms with Gasteiger partial charge in [0.2, 0.25) is 0 Å².